The molecule has 0 spiro atoms. The van der Waals surface area contributed by atoms with E-state index in [1.54, 1.807) is 18.2 Å². The Morgan fingerprint density at radius 2 is 2.11 bits per heavy atom. The average Bonchev–Trinajstić information content (AvgIpc) is 2.26. The molecule has 0 aromatic heterocycles. The van der Waals surface area contributed by atoms with Crippen molar-refractivity contribution >= 4 is 49.9 Å². The molecule has 1 aromatic rings. The molecule has 18 heavy (non-hydrogen) atoms. The summed E-state index contributed by atoms with van der Waals surface area (Å²) in [6, 6.07) is 5.03. The highest BCUT2D eigenvalue weighted by Crippen LogP contribution is 2.19. The van der Waals surface area contributed by atoms with Crippen molar-refractivity contribution in [3.05, 3.63) is 32.4 Å². The van der Waals surface area contributed by atoms with Gasteiger partial charge in [0, 0.05) is 21.9 Å². The molecule has 0 atom stereocenters. The van der Waals surface area contributed by atoms with Crippen LogP contribution in [0.1, 0.15) is 16.8 Å². The number of rotatable bonds is 5. The van der Waals surface area contributed by atoms with Crippen molar-refractivity contribution in [1.29, 1.82) is 0 Å². The van der Waals surface area contributed by atoms with Gasteiger partial charge in [-0.3, -0.25) is 4.79 Å². The molecular weight excluding hydrogens is 389 g/mol. The van der Waals surface area contributed by atoms with Crippen LogP contribution in [0.25, 0.3) is 0 Å². The molecule has 0 aliphatic rings. The molecule has 1 amide bonds. The van der Waals surface area contributed by atoms with E-state index in [1.165, 1.54) is 6.26 Å². The van der Waals surface area contributed by atoms with Gasteiger partial charge in [0.25, 0.3) is 5.91 Å². The topological polar surface area (TPSA) is 63.2 Å². The zero-order chi connectivity index (χ0) is 13.8. The van der Waals surface area contributed by atoms with Crippen LogP contribution in [0.3, 0.4) is 0 Å². The van der Waals surface area contributed by atoms with E-state index >= 15 is 0 Å². The van der Waals surface area contributed by atoms with Gasteiger partial charge in [-0.25, -0.2) is 8.42 Å². The smallest absolute Gasteiger partial charge is 0.251 e. The number of amides is 1. The third-order valence-corrected chi connectivity index (χ3v) is 4.76. The fourth-order valence-electron chi connectivity index (χ4n) is 1.28. The van der Waals surface area contributed by atoms with E-state index in [9.17, 15) is 13.2 Å². The van der Waals surface area contributed by atoms with Crippen molar-refractivity contribution in [1.82, 2.24) is 5.32 Å². The molecule has 0 aliphatic heterocycles. The van der Waals surface area contributed by atoms with Crippen LogP contribution in [0.2, 0.25) is 5.02 Å². The molecule has 0 radical (unpaired) electrons. The van der Waals surface area contributed by atoms with Crippen LogP contribution < -0.4 is 5.32 Å². The molecule has 0 heterocycles. The number of benzene rings is 1. The molecule has 0 saturated heterocycles. The third-order valence-electron chi connectivity index (χ3n) is 2.16. The maximum atomic E-state index is 11.7. The summed E-state index contributed by atoms with van der Waals surface area (Å²) in [5.41, 5.74) is 0.472. The predicted octanol–water partition coefficient (Wildman–Crippen LogP) is 2.11. The maximum absolute atomic E-state index is 11.7. The van der Waals surface area contributed by atoms with Crippen molar-refractivity contribution in [2.24, 2.45) is 0 Å². The Balaban J connectivity index is 2.48. The molecule has 1 rings (SSSR count). The monoisotopic (exact) mass is 401 g/mol. The summed E-state index contributed by atoms with van der Waals surface area (Å²) >= 11 is 7.99. The van der Waals surface area contributed by atoms with Gasteiger partial charge in [-0.1, -0.05) is 11.6 Å². The van der Waals surface area contributed by atoms with Gasteiger partial charge in [0.05, 0.1) is 10.8 Å². The van der Waals surface area contributed by atoms with Crippen molar-refractivity contribution in [2.45, 2.75) is 6.42 Å². The van der Waals surface area contributed by atoms with Crippen LogP contribution in [0.15, 0.2) is 18.2 Å². The summed E-state index contributed by atoms with van der Waals surface area (Å²) < 4.78 is 22.7. The SMILES string of the molecule is CS(=O)(=O)CCCNC(=O)c1ccc(I)c(Cl)c1. The molecule has 0 aliphatic carbocycles. The fraction of sp³-hybridized carbons (Fsp3) is 0.364. The van der Waals surface area contributed by atoms with E-state index in [0.29, 0.717) is 23.6 Å². The molecular formula is C11H13ClINO3S. The highest BCUT2D eigenvalue weighted by molar-refractivity contribution is 14.1. The van der Waals surface area contributed by atoms with Crippen molar-refractivity contribution in [3.63, 3.8) is 0 Å². The highest BCUT2D eigenvalue weighted by atomic mass is 127. The molecule has 1 aromatic carbocycles. The van der Waals surface area contributed by atoms with Crippen molar-refractivity contribution in [3.8, 4) is 0 Å². The Bertz CT molecular complexity index is 545. The number of hydrogen-bond acceptors (Lipinski definition) is 3. The lowest BCUT2D eigenvalue weighted by Gasteiger charge is -2.05. The number of carbonyl (C=O) groups is 1. The quantitative estimate of drug-likeness (QED) is 0.607. The minimum absolute atomic E-state index is 0.0702. The molecule has 1 N–H and O–H groups in total. The van der Waals surface area contributed by atoms with Crippen LogP contribution in [0, 0.1) is 3.57 Å². The molecule has 0 bridgehead atoms. The Morgan fingerprint density at radius 3 is 2.67 bits per heavy atom. The summed E-state index contributed by atoms with van der Waals surface area (Å²) in [6.07, 6.45) is 1.58. The first-order chi connectivity index (χ1) is 8.29. The van der Waals surface area contributed by atoms with Gasteiger partial charge >= 0.3 is 0 Å². The van der Waals surface area contributed by atoms with E-state index in [1.807, 2.05) is 0 Å². The Morgan fingerprint density at radius 1 is 1.44 bits per heavy atom. The lowest BCUT2D eigenvalue weighted by molar-refractivity contribution is 0.0953. The zero-order valence-electron chi connectivity index (χ0n) is 9.74. The van der Waals surface area contributed by atoms with Gasteiger partial charge < -0.3 is 5.32 Å². The van der Waals surface area contributed by atoms with Gasteiger partial charge in [0.1, 0.15) is 9.84 Å². The largest absolute Gasteiger partial charge is 0.352 e. The lowest BCUT2D eigenvalue weighted by atomic mass is 10.2. The standard InChI is InChI=1S/C11H13ClINO3S/c1-18(16,17)6-2-5-14-11(15)8-3-4-10(13)9(12)7-8/h3-4,7H,2,5-6H2,1H3,(H,14,15). The number of sulfone groups is 1. The second-order valence-corrected chi connectivity index (χ2v) is 7.70. The Kier molecular flexibility index (Phi) is 5.87. The third kappa shape index (κ3) is 5.53. The number of halogens is 2. The minimum Gasteiger partial charge on any atom is -0.352 e. The second kappa shape index (κ2) is 6.72. The molecule has 0 fully saturated rings. The van der Waals surface area contributed by atoms with E-state index in [0.717, 1.165) is 3.57 Å². The van der Waals surface area contributed by atoms with Crippen molar-refractivity contribution in [2.75, 3.05) is 18.6 Å². The summed E-state index contributed by atoms with van der Waals surface area (Å²) in [7, 11) is -2.97. The average molecular weight is 402 g/mol. The Labute approximate surface area is 125 Å². The first-order valence-electron chi connectivity index (χ1n) is 5.20. The van der Waals surface area contributed by atoms with Crippen LogP contribution in [0.4, 0.5) is 0 Å². The predicted molar refractivity (Wildman–Crippen MR) is 80.8 cm³/mol. The molecule has 4 nitrogen and oxygen atoms in total. The van der Waals surface area contributed by atoms with Gasteiger partial charge in [0.2, 0.25) is 0 Å². The van der Waals surface area contributed by atoms with E-state index in [4.69, 9.17) is 11.6 Å². The van der Waals surface area contributed by atoms with Crippen LogP contribution in [-0.4, -0.2) is 32.9 Å². The first kappa shape index (κ1) is 15.7. The molecule has 7 heteroatoms. The van der Waals surface area contributed by atoms with E-state index in [2.05, 4.69) is 27.9 Å². The van der Waals surface area contributed by atoms with Crippen LogP contribution >= 0.6 is 34.2 Å². The number of hydrogen-bond donors (Lipinski definition) is 1. The van der Waals surface area contributed by atoms with Gasteiger partial charge in [-0.05, 0) is 47.2 Å². The molecule has 0 saturated carbocycles. The summed E-state index contributed by atoms with van der Waals surface area (Å²) in [5.74, 6) is -0.178. The maximum Gasteiger partial charge on any atom is 0.251 e. The Hall–Kier alpha value is -0.340. The summed E-state index contributed by atoms with van der Waals surface area (Å²) in [4.78, 5) is 11.7. The highest BCUT2D eigenvalue weighted by Gasteiger charge is 2.08. The van der Waals surface area contributed by atoms with Crippen LogP contribution in [0.5, 0.6) is 0 Å². The van der Waals surface area contributed by atoms with E-state index < -0.39 is 9.84 Å². The van der Waals surface area contributed by atoms with Gasteiger partial charge in [-0.15, -0.1) is 0 Å². The normalized spacial score (nSPS) is 11.3. The second-order valence-electron chi connectivity index (χ2n) is 3.87. The molecule has 0 unspecified atom stereocenters. The van der Waals surface area contributed by atoms with Crippen molar-refractivity contribution < 1.29 is 13.2 Å². The van der Waals surface area contributed by atoms with Gasteiger partial charge in [0.15, 0.2) is 0 Å². The lowest BCUT2D eigenvalue weighted by Crippen LogP contribution is -2.25. The molecule has 100 valence electrons. The van der Waals surface area contributed by atoms with Crippen LogP contribution in [-0.2, 0) is 9.84 Å². The first-order valence-corrected chi connectivity index (χ1v) is 8.72. The van der Waals surface area contributed by atoms with E-state index in [-0.39, 0.29) is 11.7 Å². The summed E-state index contributed by atoms with van der Waals surface area (Å²) in [5, 5.41) is 3.18. The number of nitrogens with one attached hydrogen (secondary N) is 1. The minimum atomic E-state index is -2.97. The fourth-order valence-corrected chi connectivity index (χ4v) is 2.46. The number of carbonyl (C=O) groups excluding carboxylic acids is 1. The summed E-state index contributed by atoms with van der Waals surface area (Å²) in [6.45, 7) is 0.329. The zero-order valence-corrected chi connectivity index (χ0v) is 13.5. The van der Waals surface area contributed by atoms with Gasteiger partial charge in [-0.2, -0.15) is 0 Å².